The fraction of sp³-hybridized carbons (Fsp3) is 0.429. The van der Waals surface area contributed by atoms with Crippen molar-refractivity contribution in [2.75, 3.05) is 28.2 Å². The fourth-order valence-corrected chi connectivity index (χ4v) is 1.92. The van der Waals surface area contributed by atoms with Crippen LogP contribution in [0.15, 0.2) is 29.3 Å². The SMILES string of the molecule is CC(OC(=O)N=C(N(C)C)N(C)C)c1ccccc1[N+](=O)[O-]. The maximum absolute atomic E-state index is 11.9. The quantitative estimate of drug-likeness (QED) is 0.368. The van der Waals surface area contributed by atoms with Gasteiger partial charge in [0.05, 0.1) is 10.5 Å². The third-order valence-electron chi connectivity index (χ3n) is 2.84. The van der Waals surface area contributed by atoms with Gasteiger partial charge in [-0.1, -0.05) is 12.1 Å². The van der Waals surface area contributed by atoms with Gasteiger partial charge in [-0.2, -0.15) is 0 Å². The minimum Gasteiger partial charge on any atom is -0.440 e. The van der Waals surface area contributed by atoms with Crippen LogP contribution in [0.1, 0.15) is 18.6 Å². The number of guanidine groups is 1. The molecule has 0 spiro atoms. The lowest BCUT2D eigenvalue weighted by molar-refractivity contribution is -0.386. The summed E-state index contributed by atoms with van der Waals surface area (Å²) in [4.78, 5) is 29.6. The maximum atomic E-state index is 11.9. The number of hydrogen-bond donors (Lipinski definition) is 0. The van der Waals surface area contributed by atoms with Crippen LogP contribution in [0.4, 0.5) is 10.5 Å². The molecule has 0 aliphatic heterocycles. The highest BCUT2D eigenvalue weighted by Crippen LogP contribution is 2.27. The molecule has 22 heavy (non-hydrogen) atoms. The highest BCUT2D eigenvalue weighted by atomic mass is 16.6. The molecule has 0 aliphatic rings. The zero-order valence-corrected chi connectivity index (χ0v) is 13.3. The van der Waals surface area contributed by atoms with Crippen molar-refractivity contribution in [2.45, 2.75) is 13.0 Å². The zero-order chi connectivity index (χ0) is 16.9. The summed E-state index contributed by atoms with van der Waals surface area (Å²) >= 11 is 0. The summed E-state index contributed by atoms with van der Waals surface area (Å²) in [6.45, 7) is 1.57. The minimum absolute atomic E-state index is 0.0905. The number of amides is 1. The van der Waals surface area contributed by atoms with Gasteiger partial charge in [0.25, 0.3) is 5.69 Å². The van der Waals surface area contributed by atoms with Crippen LogP contribution in [-0.2, 0) is 4.74 Å². The molecule has 0 saturated carbocycles. The molecule has 0 bridgehead atoms. The van der Waals surface area contributed by atoms with Crippen molar-refractivity contribution in [3.63, 3.8) is 0 Å². The van der Waals surface area contributed by atoms with Gasteiger partial charge in [-0.15, -0.1) is 4.99 Å². The Morgan fingerprint density at radius 2 is 1.77 bits per heavy atom. The summed E-state index contributed by atoms with van der Waals surface area (Å²) in [5.41, 5.74) is 0.236. The van der Waals surface area contributed by atoms with Crippen molar-refractivity contribution >= 4 is 17.7 Å². The molecule has 1 aromatic rings. The molecule has 1 rings (SSSR count). The van der Waals surface area contributed by atoms with Crippen molar-refractivity contribution in [3.05, 3.63) is 39.9 Å². The van der Waals surface area contributed by atoms with Gasteiger partial charge in [0.15, 0.2) is 0 Å². The van der Waals surface area contributed by atoms with E-state index in [-0.39, 0.29) is 5.69 Å². The topological polar surface area (TPSA) is 88.3 Å². The third-order valence-corrected chi connectivity index (χ3v) is 2.84. The second-order valence-electron chi connectivity index (χ2n) is 5.04. The number of nitro groups is 1. The highest BCUT2D eigenvalue weighted by Gasteiger charge is 2.21. The van der Waals surface area contributed by atoms with Crippen molar-refractivity contribution < 1.29 is 14.5 Å². The van der Waals surface area contributed by atoms with E-state index in [1.807, 2.05) is 0 Å². The smallest absolute Gasteiger partial charge is 0.437 e. The Morgan fingerprint density at radius 1 is 1.23 bits per heavy atom. The van der Waals surface area contributed by atoms with Crippen LogP contribution in [0.2, 0.25) is 0 Å². The lowest BCUT2D eigenvalue weighted by Crippen LogP contribution is -2.36. The van der Waals surface area contributed by atoms with Crippen LogP contribution in [0, 0.1) is 10.1 Å². The number of hydrogen-bond acceptors (Lipinski definition) is 4. The molecule has 1 unspecified atom stereocenters. The summed E-state index contributed by atoms with van der Waals surface area (Å²) < 4.78 is 5.17. The molecule has 1 atom stereocenters. The first-order chi connectivity index (χ1) is 10.2. The predicted molar refractivity (Wildman–Crippen MR) is 82.8 cm³/mol. The largest absolute Gasteiger partial charge is 0.440 e. The van der Waals surface area contributed by atoms with Gasteiger partial charge in [-0.25, -0.2) is 4.79 Å². The van der Waals surface area contributed by atoms with Crippen LogP contribution in [0.25, 0.3) is 0 Å². The lowest BCUT2D eigenvalue weighted by atomic mass is 10.1. The molecule has 1 amide bonds. The molecule has 0 fully saturated rings. The van der Waals surface area contributed by atoms with E-state index in [0.717, 1.165) is 0 Å². The second-order valence-corrected chi connectivity index (χ2v) is 5.04. The van der Waals surface area contributed by atoms with Crippen LogP contribution in [0.3, 0.4) is 0 Å². The first-order valence-electron chi connectivity index (χ1n) is 6.61. The first kappa shape index (κ1) is 17.4. The second kappa shape index (κ2) is 7.39. The third kappa shape index (κ3) is 4.44. The predicted octanol–water partition coefficient (Wildman–Crippen LogP) is 2.27. The van der Waals surface area contributed by atoms with Gasteiger partial charge in [0.2, 0.25) is 5.96 Å². The number of carbonyl (C=O) groups is 1. The number of rotatable bonds is 3. The van der Waals surface area contributed by atoms with E-state index in [4.69, 9.17) is 4.74 Å². The van der Waals surface area contributed by atoms with Crippen LogP contribution in [-0.4, -0.2) is 55.0 Å². The summed E-state index contributed by atoms with van der Waals surface area (Å²) in [5.74, 6) is 0.416. The molecule has 0 saturated heterocycles. The molecule has 8 nitrogen and oxygen atoms in total. The Balaban J connectivity index is 2.93. The highest BCUT2D eigenvalue weighted by molar-refractivity contribution is 5.89. The standard InChI is InChI=1S/C14H20N4O4/c1-10(11-8-6-7-9-12(11)18(20)21)22-14(19)15-13(16(2)3)17(4)5/h6-10H,1-5H3. The van der Waals surface area contributed by atoms with Gasteiger partial charge in [0, 0.05) is 34.3 Å². The van der Waals surface area contributed by atoms with Gasteiger partial charge in [-0.3, -0.25) is 10.1 Å². The average Bonchev–Trinajstić information content (AvgIpc) is 2.43. The molecule has 120 valence electrons. The van der Waals surface area contributed by atoms with E-state index in [0.29, 0.717) is 11.5 Å². The summed E-state index contributed by atoms with van der Waals surface area (Å²) in [6.07, 6.45) is -1.58. The van der Waals surface area contributed by atoms with E-state index in [1.165, 1.54) is 6.07 Å². The molecule has 0 aliphatic carbocycles. The zero-order valence-electron chi connectivity index (χ0n) is 13.3. The average molecular weight is 308 g/mol. The van der Waals surface area contributed by atoms with E-state index >= 15 is 0 Å². The normalized spacial score (nSPS) is 11.3. The first-order valence-corrected chi connectivity index (χ1v) is 6.61. The van der Waals surface area contributed by atoms with Gasteiger partial charge in [0.1, 0.15) is 6.10 Å². The molecule has 0 N–H and O–H groups in total. The Hall–Kier alpha value is -2.64. The Kier molecular flexibility index (Phi) is 5.85. The van der Waals surface area contributed by atoms with Crippen LogP contribution >= 0.6 is 0 Å². The van der Waals surface area contributed by atoms with Gasteiger partial charge < -0.3 is 14.5 Å². The van der Waals surface area contributed by atoms with Crippen molar-refractivity contribution in [2.24, 2.45) is 4.99 Å². The van der Waals surface area contributed by atoms with Gasteiger partial charge in [-0.05, 0) is 13.0 Å². The number of carbonyl (C=O) groups excluding carboxylic acids is 1. The van der Waals surface area contributed by atoms with E-state index in [2.05, 4.69) is 4.99 Å². The Labute approximate surface area is 129 Å². The van der Waals surface area contributed by atoms with Crippen molar-refractivity contribution in [1.29, 1.82) is 0 Å². The minimum atomic E-state index is -0.803. The van der Waals surface area contributed by atoms with Crippen molar-refractivity contribution in [1.82, 2.24) is 9.80 Å². The summed E-state index contributed by atoms with van der Waals surface area (Å²) in [7, 11) is 6.99. The molecule has 0 radical (unpaired) electrons. The van der Waals surface area contributed by atoms with E-state index in [9.17, 15) is 14.9 Å². The Bertz CT molecular complexity index is 574. The number of nitrogens with zero attached hydrogens (tertiary/aromatic N) is 4. The molecule has 0 heterocycles. The maximum Gasteiger partial charge on any atom is 0.437 e. The fourth-order valence-electron chi connectivity index (χ4n) is 1.92. The molecular formula is C14H20N4O4. The molecule has 8 heteroatoms. The van der Waals surface area contributed by atoms with Gasteiger partial charge >= 0.3 is 6.09 Å². The number of para-hydroxylation sites is 1. The van der Waals surface area contributed by atoms with E-state index < -0.39 is 17.1 Å². The lowest BCUT2D eigenvalue weighted by Gasteiger charge is -2.22. The number of ether oxygens (including phenoxy) is 1. The summed E-state index contributed by atoms with van der Waals surface area (Å²) in [5, 5.41) is 11.0. The monoisotopic (exact) mass is 308 g/mol. The Morgan fingerprint density at radius 3 is 2.27 bits per heavy atom. The van der Waals surface area contributed by atoms with Crippen molar-refractivity contribution in [3.8, 4) is 0 Å². The molecular weight excluding hydrogens is 288 g/mol. The number of benzene rings is 1. The summed E-state index contributed by atoms with van der Waals surface area (Å²) in [6, 6.07) is 6.14. The van der Waals surface area contributed by atoms with Crippen LogP contribution in [0.5, 0.6) is 0 Å². The number of aliphatic imine (C=N–C) groups is 1. The molecule has 0 aromatic heterocycles. The van der Waals surface area contributed by atoms with Crippen LogP contribution < -0.4 is 0 Å². The number of nitro benzene ring substituents is 1. The van der Waals surface area contributed by atoms with E-state index in [1.54, 1.807) is 63.1 Å². The molecule has 1 aromatic carbocycles.